The van der Waals surface area contributed by atoms with Gasteiger partial charge in [0.05, 0.1) is 25.4 Å². The first-order valence-corrected chi connectivity index (χ1v) is 31.9. The van der Waals surface area contributed by atoms with Crippen LogP contribution in [0.15, 0.2) is 48.6 Å². The van der Waals surface area contributed by atoms with Crippen LogP contribution in [0.4, 0.5) is 0 Å². The van der Waals surface area contributed by atoms with Crippen LogP contribution in [0, 0.1) is 0 Å². The average Bonchev–Trinajstić information content (AvgIpc) is 3.38. The number of aliphatic hydroxyl groups excluding tert-OH is 2. The highest BCUT2D eigenvalue weighted by Crippen LogP contribution is 2.17. The highest BCUT2D eigenvalue weighted by atomic mass is 16.5. The van der Waals surface area contributed by atoms with Gasteiger partial charge in [0.25, 0.3) is 0 Å². The van der Waals surface area contributed by atoms with Crippen molar-refractivity contribution in [2.75, 3.05) is 13.2 Å². The number of esters is 1. The molecule has 0 bridgehead atoms. The summed E-state index contributed by atoms with van der Waals surface area (Å²) >= 11 is 0. The molecule has 0 heterocycles. The average molecular weight is 1010 g/mol. The van der Waals surface area contributed by atoms with Crippen molar-refractivity contribution >= 4 is 11.9 Å². The van der Waals surface area contributed by atoms with Crippen LogP contribution in [0.3, 0.4) is 0 Å². The fourth-order valence-electron chi connectivity index (χ4n) is 9.65. The number of amides is 1. The van der Waals surface area contributed by atoms with E-state index in [-0.39, 0.29) is 18.5 Å². The van der Waals surface area contributed by atoms with E-state index in [1.165, 1.54) is 244 Å². The molecule has 0 aromatic rings. The van der Waals surface area contributed by atoms with Crippen LogP contribution in [0.25, 0.3) is 0 Å². The number of aliphatic hydroxyl groups is 2. The normalized spacial score (nSPS) is 12.9. The van der Waals surface area contributed by atoms with Gasteiger partial charge in [0, 0.05) is 12.8 Å². The van der Waals surface area contributed by atoms with E-state index >= 15 is 0 Å². The molecule has 2 unspecified atom stereocenters. The number of allylic oxidation sites excluding steroid dienone is 7. The van der Waals surface area contributed by atoms with E-state index in [9.17, 15) is 19.8 Å². The van der Waals surface area contributed by atoms with Crippen LogP contribution in [0.2, 0.25) is 0 Å². The Morgan fingerprint density at radius 3 is 1.11 bits per heavy atom. The van der Waals surface area contributed by atoms with Crippen LogP contribution in [-0.2, 0) is 14.3 Å². The number of unbranched alkanes of at least 4 members (excludes halogenated alkanes) is 42. The number of hydrogen-bond acceptors (Lipinski definition) is 5. The van der Waals surface area contributed by atoms with Crippen LogP contribution in [-0.4, -0.2) is 47.4 Å². The maximum atomic E-state index is 12.5. The third-order valence-corrected chi connectivity index (χ3v) is 14.6. The molecule has 0 rings (SSSR count). The van der Waals surface area contributed by atoms with Crippen LogP contribution in [0.1, 0.15) is 335 Å². The lowest BCUT2D eigenvalue weighted by atomic mass is 10.0. The highest BCUT2D eigenvalue weighted by molar-refractivity contribution is 5.76. The highest BCUT2D eigenvalue weighted by Gasteiger charge is 2.18. The molecule has 3 N–H and O–H groups in total. The molecule has 0 aromatic carbocycles. The molecule has 6 heteroatoms. The minimum absolute atomic E-state index is 0.0115. The van der Waals surface area contributed by atoms with Crippen molar-refractivity contribution in [2.24, 2.45) is 0 Å². The number of hydrogen-bond donors (Lipinski definition) is 3. The molecule has 0 aliphatic rings. The number of carbonyl (C=O) groups is 2. The van der Waals surface area contributed by atoms with Gasteiger partial charge in [0.15, 0.2) is 0 Å². The summed E-state index contributed by atoms with van der Waals surface area (Å²) in [6, 6.07) is -0.637. The summed E-state index contributed by atoms with van der Waals surface area (Å²) < 4.78 is 5.47. The zero-order chi connectivity index (χ0) is 52.2. The molecular formula is C66H123NO5. The quantitative estimate of drug-likeness (QED) is 0.0320. The van der Waals surface area contributed by atoms with Crippen LogP contribution < -0.4 is 5.32 Å². The number of carbonyl (C=O) groups excluding carboxylic acids is 2. The zero-order valence-electron chi connectivity index (χ0n) is 48.2. The Labute approximate surface area is 448 Å². The number of rotatable bonds is 59. The molecule has 6 nitrogen and oxygen atoms in total. The monoisotopic (exact) mass is 1010 g/mol. The van der Waals surface area contributed by atoms with Crippen molar-refractivity contribution < 1.29 is 24.5 Å². The minimum Gasteiger partial charge on any atom is -0.466 e. The molecule has 1 amide bonds. The molecule has 0 aromatic heterocycles. The first kappa shape index (κ1) is 69.8. The van der Waals surface area contributed by atoms with E-state index in [0.29, 0.717) is 19.4 Å². The second-order valence-corrected chi connectivity index (χ2v) is 21.7. The van der Waals surface area contributed by atoms with Gasteiger partial charge in [-0.15, -0.1) is 0 Å². The summed E-state index contributed by atoms with van der Waals surface area (Å²) in [6.07, 6.45) is 78.6. The molecule has 0 saturated carbocycles. The van der Waals surface area contributed by atoms with Gasteiger partial charge >= 0.3 is 5.97 Å². The maximum absolute atomic E-state index is 12.5. The molecule has 0 radical (unpaired) electrons. The fourth-order valence-corrected chi connectivity index (χ4v) is 9.65. The Morgan fingerprint density at radius 2 is 0.708 bits per heavy atom. The summed E-state index contributed by atoms with van der Waals surface area (Å²) in [5.41, 5.74) is 0. The van der Waals surface area contributed by atoms with Crippen molar-refractivity contribution in [3.05, 3.63) is 48.6 Å². The van der Waals surface area contributed by atoms with Gasteiger partial charge in [-0.05, 0) is 83.5 Å². The van der Waals surface area contributed by atoms with Gasteiger partial charge in [-0.2, -0.15) is 0 Å². The molecule has 0 fully saturated rings. The molecular weight excluding hydrogens is 887 g/mol. The number of nitrogens with one attached hydrogen (secondary N) is 1. The van der Waals surface area contributed by atoms with Crippen molar-refractivity contribution in [1.82, 2.24) is 5.32 Å². The van der Waals surface area contributed by atoms with Crippen molar-refractivity contribution in [2.45, 2.75) is 347 Å². The van der Waals surface area contributed by atoms with Gasteiger partial charge in [-0.3, -0.25) is 9.59 Å². The molecule has 72 heavy (non-hydrogen) atoms. The van der Waals surface area contributed by atoms with Crippen molar-refractivity contribution in [3.8, 4) is 0 Å². The summed E-state index contributed by atoms with van der Waals surface area (Å²) in [5, 5.41) is 23.2. The Kier molecular flexibility index (Phi) is 59.5. The van der Waals surface area contributed by atoms with Gasteiger partial charge in [-0.25, -0.2) is 0 Å². The van der Waals surface area contributed by atoms with Crippen LogP contribution in [0.5, 0.6) is 0 Å². The van der Waals surface area contributed by atoms with E-state index < -0.39 is 12.1 Å². The standard InChI is InChI=1S/C66H123NO5/c1-3-5-7-9-11-13-15-17-19-20-21-22-23-25-28-31-34-38-42-46-50-54-58-64(69)63(62-68)67-65(70)59-55-51-47-43-39-35-32-29-26-24-27-30-33-37-41-45-49-53-57-61-72-66(71)60-56-52-48-44-40-36-18-16-14-12-10-8-6-4-2/h10,12,16,18,24,26,54,58,63-64,68-69H,3-9,11,13-15,17,19-23,25,27-53,55-57,59-62H2,1-2H3,(H,67,70)/b12-10-,18-16-,26-24-,58-54+. The van der Waals surface area contributed by atoms with Gasteiger partial charge in [0.1, 0.15) is 0 Å². The van der Waals surface area contributed by atoms with Crippen molar-refractivity contribution in [3.63, 3.8) is 0 Å². The van der Waals surface area contributed by atoms with E-state index in [4.69, 9.17) is 4.74 Å². The lowest BCUT2D eigenvalue weighted by Gasteiger charge is -2.20. The first-order valence-electron chi connectivity index (χ1n) is 31.9. The molecule has 0 aliphatic carbocycles. The molecule has 2 atom stereocenters. The second-order valence-electron chi connectivity index (χ2n) is 21.7. The zero-order valence-corrected chi connectivity index (χ0v) is 48.2. The maximum Gasteiger partial charge on any atom is 0.305 e. The summed E-state index contributed by atoms with van der Waals surface area (Å²) in [4.78, 5) is 24.5. The summed E-state index contributed by atoms with van der Waals surface area (Å²) in [5.74, 6) is -0.0872. The lowest BCUT2D eigenvalue weighted by molar-refractivity contribution is -0.143. The predicted octanol–water partition coefficient (Wildman–Crippen LogP) is 20.1. The second kappa shape index (κ2) is 61.4. The first-order chi connectivity index (χ1) is 35.5. The third-order valence-electron chi connectivity index (χ3n) is 14.6. The lowest BCUT2D eigenvalue weighted by Crippen LogP contribution is -2.45. The number of ether oxygens (including phenoxy) is 1. The molecule has 0 spiro atoms. The van der Waals surface area contributed by atoms with Gasteiger partial charge in [-0.1, -0.05) is 287 Å². The Balaban J connectivity index is 3.48. The minimum atomic E-state index is -0.853. The Bertz CT molecular complexity index is 1210. The SMILES string of the molecule is CCCC/C=C\C/C=C\CCCCCCCC(=O)OCCCCCCCCCC/C=C\CCCCCCCCCC(=O)NC(CO)C(O)/C=C/CCCCCCCCCCCCCCCCCCCCCC. The van der Waals surface area contributed by atoms with E-state index in [1.54, 1.807) is 6.08 Å². The topological polar surface area (TPSA) is 95.9 Å². The van der Waals surface area contributed by atoms with E-state index in [2.05, 4.69) is 55.6 Å². The van der Waals surface area contributed by atoms with E-state index in [1.807, 2.05) is 6.08 Å². The molecule has 422 valence electrons. The smallest absolute Gasteiger partial charge is 0.305 e. The molecule has 0 aliphatic heterocycles. The fraction of sp³-hybridized carbons (Fsp3) is 0.848. The predicted molar refractivity (Wildman–Crippen MR) is 315 cm³/mol. The summed E-state index contributed by atoms with van der Waals surface area (Å²) in [6.45, 7) is 4.86. The van der Waals surface area contributed by atoms with E-state index in [0.717, 1.165) is 64.2 Å². The molecule has 0 saturated heterocycles. The summed E-state index contributed by atoms with van der Waals surface area (Å²) in [7, 11) is 0. The van der Waals surface area contributed by atoms with Gasteiger partial charge < -0.3 is 20.3 Å². The Morgan fingerprint density at radius 1 is 0.389 bits per heavy atom. The van der Waals surface area contributed by atoms with Crippen molar-refractivity contribution in [1.29, 1.82) is 0 Å². The van der Waals surface area contributed by atoms with Crippen LogP contribution >= 0.6 is 0 Å². The van der Waals surface area contributed by atoms with Gasteiger partial charge in [0.2, 0.25) is 5.91 Å². The Hall–Kier alpha value is -2.18. The largest absolute Gasteiger partial charge is 0.466 e. The third kappa shape index (κ3) is 57.1.